The van der Waals surface area contributed by atoms with Gasteiger partial charge in [-0.15, -0.1) is 0 Å². The van der Waals surface area contributed by atoms with Gasteiger partial charge >= 0.3 is 0 Å². The van der Waals surface area contributed by atoms with Crippen molar-refractivity contribution < 1.29 is 18.3 Å². The summed E-state index contributed by atoms with van der Waals surface area (Å²) in [5.41, 5.74) is -0.165. The van der Waals surface area contributed by atoms with E-state index in [1.807, 2.05) is 6.92 Å². The number of carbonyl (C=O) groups excluding carboxylic acids is 1. The summed E-state index contributed by atoms with van der Waals surface area (Å²) in [6, 6.07) is 5.83. The van der Waals surface area contributed by atoms with Crippen LogP contribution in [0, 0.1) is 11.8 Å². The fourth-order valence-corrected chi connectivity index (χ4v) is 7.03. The zero-order valence-corrected chi connectivity index (χ0v) is 17.4. The lowest BCUT2D eigenvalue weighted by molar-refractivity contribution is -0.0413. The molecule has 2 aliphatic rings. The molecule has 1 aromatic heterocycles. The SMILES string of the molecule is C[C@@]1(O)C2CC[C@H]1CC(S(=O)(=O)c1cc(C(=O)Nc3ccnnc3)ccc1Cl)C2. The Kier molecular flexibility index (Phi) is 5.13. The van der Waals surface area contributed by atoms with Gasteiger partial charge in [0.15, 0.2) is 9.84 Å². The zero-order chi connectivity index (χ0) is 20.8. The second-order valence-electron chi connectivity index (χ2n) is 8.07. The van der Waals surface area contributed by atoms with E-state index in [0.29, 0.717) is 18.5 Å². The summed E-state index contributed by atoms with van der Waals surface area (Å²) in [6.45, 7) is 1.81. The van der Waals surface area contributed by atoms with Crippen LogP contribution in [0.4, 0.5) is 5.69 Å². The van der Waals surface area contributed by atoms with Crippen molar-refractivity contribution in [2.45, 2.75) is 48.4 Å². The van der Waals surface area contributed by atoms with Gasteiger partial charge < -0.3 is 10.4 Å². The van der Waals surface area contributed by atoms with E-state index in [1.165, 1.54) is 30.6 Å². The number of rotatable bonds is 4. The molecule has 2 saturated carbocycles. The van der Waals surface area contributed by atoms with E-state index in [2.05, 4.69) is 15.5 Å². The molecule has 0 spiro atoms. The maximum Gasteiger partial charge on any atom is 0.255 e. The third kappa shape index (κ3) is 3.65. The van der Waals surface area contributed by atoms with Crippen LogP contribution in [-0.4, -0.2) is 40.5 Å². The van der Waals surface area contributed by atoms with Gasteiger partial charge in [-0.2, -0.15) is 10.2 Å². The summed E-state index contributed by atoms with van der Waals surface area (Å²) < 4.78 is 26.7. The van der Waals surface area contributed by atoms with Gasteiger partial charge in [0.1, 0.15) is 0 Å². The Labute approximate surface area is 174 Å². The van der Waals surface area contributed by atoms with Crippen LogP contribution < -0.4 is 5.32 Å². The molecular formula is C20H22ClN3O4S. The second kappa shape index (κ2) is 7.34. The van der Waals surface area contributed by atoms with Gasteiger partial charge in [-0.1, -0.05) is 11.6 Å². The maximum atomic E-state index is 13.4. The normalized spacial score (nSPS) is 28.9. The summed E-state index contributed by atoms with van der Waals surface area (Å²) in [5, 5.41) is 20.1. The molecule has 7 nitrogen and oxygen atoms in total. The standard InChI is InChI=1S/C20H22ClN3O4S/c1-20(26)13-3-4-14(20)10-16(9-13)29(27,28)18-8-12(2-5-17(18)21)19(25)24-15-6-7-22-23-11-15/h2,5-8,11,13-14,16,26H,3-4,9-10H2,1H3,(H,22,24,25)/t13-,14?,16?,20-/m0/s1. The van der Waals surface area contributed by atoms with E-state index in [0.717, 1.165) is 12.8 Å². The molecule has 2 aromatic rings. The van der Waals surface area contributed by atoms with Crippen molar-refractivity contribution in [1.29, 1.82) is 0 Å². The fraction of sp³-hybridized carbons (Fsp3) is 0.450. The largest absolute Gasteiger partial charge is 0.390 e. The lowest BCUT2D eigenvalue weighted by Gasteiger charge is -2.40. The molecule has 4 rings (SSSR count). The highest BCUT2D eigenvalue weighted by molar-refractivity contribution is 7.92. The van der Waals surface area contributed by atoms with Gasteiger partial charge in [0.2, 0.25) is 0 Å². The molecule has 0 saturated heterocycles. The third-order valence-electron chi connectivity index (χ3n) is 6.39. The molecule has 154 valence electrons. The highest BCUT2D eigenvalue weighted by atomic mass is 35.5. The second-order valence-corrected chi connectivity index (χ2v) is 10.7. The minimum absolute atomic E-state index is 0.0365. The summed E-state index contributed by atoms with van der Waals surface area (Å²) in [5.74, 6) is -0.534. The molecule has 0 aliphatic heterocycles. The van der Waals surface area contributed by atoms with Crippen LogP contribution in [0.15, 0.2) is 41.6 Å². The number of anilines is 1. The molecule has 2 N–H and O–H groups in total. The molecule has 1 aromatic carbocycles. The number of sulfone groups is 1. The van der Waals surface area contributed by atoms with Gasteiger partial charge in [-0.25, -0.2) is 8.42 Å². The summed E-state index contributed by atoms with van der Waals surface area (Å²) in [4.78, 5) is 12.5. The van der Waals surface area contributed by atoms with Crippen LogP contribution in [-0.2, 0) is 9.84 Å². The zero-order valence-electron chi connectivity index (χ0n) is 15.9. The number of nitrogens with zero attached hydrogens (tertiary/aromatic N) is 2. The molecule has 2 aliphatic carbocycles. The van der Waals surface area contributed by atoms with Crippen molar-refractivity contribution in [2.24, 2.45) is 11.8 Å². The van der Waals surface area contributed by atoms with E-state index in [-0.39, 0.29) is 27.3 Å². The number of hydrogen-bond acceptors (Lipinski definition) is 6. The fourth-order valence-electron chi connectivity index (χ4n) is 4.63. The quantitative estimate of drug-likeness (QED) is 0.763. The number of halogens is 1. The smallest absolute Gasteiger partial charge is 0.255 e. The molecule has 2 fully saturated rings. The van der Waals surface area contributed by atoms with E-state index in [4.69, 9.17) is 11.6 Å². The van der Waals surface area contributed by atoms with Gasteiger partial charge in [0, 0.05) is 5.56 Å². The number of hydrogen-bond donors (Lipinski definition) is 2. The summed E-state index contributed by atoms with van der Waals surface area (Å²) in [7, 11) is -3.74. The maximum absolute atomic E-state index is 13.4. The number of nitrogens with one attached hydrogen (secondary N) is 1. The first-order chi connectivity index (χ1) is 13.7. The van der Waals surface area contributed by atoms with Crippen LogP contribution in [0.3, 0.4) is 0 Å². The van der Waals surface area contributed by atoms with Crippen molar-refractivity contribution in [1.82, 2.24) is 10.2 Å². The summed E-state index contributed by atoms with van der Waals surface area (Å²) >= 11 is 6.23. The molecule has 2 unspecified atom stereocenters. The van der Waals surface area contributed by atoms with Crippen molar-refractivity contribution in [3.8, 4) is 0 Å². The van der Waals surface area contributed by atoms with Gasteiger partial charge in [-0.05, 0) is 68.7 Å². The monoisotopic (exact) mass is 435 g/mol. The van der Waals surface area contributed by atoms with E-state index in [9.17, 15) is 18.3 Å². The Morgan fingerprint density at radius 1 is 1.21 bits per heavy atom. The van der Waals surface area contributed by atoms with Crippen molar-refractivity contribution in [3.63, 3.8) is 0 Å². The lowest BCUT2D eigenvalue weighted by Crippen LogP contribution is -2.45. The first-order valence-corrected chi connectivity index (χ1v) is 11.5. The number of benzene rings is 1. The lowest BCUT2D eigenvalue weighted by atomic mass is 9.76. The predicted molar refractivity (Wildman–Crippen MR) is 108 cm³/mol. The van der Waals surface area contributed by atoms with Gasteiger partial charge in [0.25, 0.3) is 5.91 Å². The predicted octanol–water partition coefficient (Wildman–Crippen LogP) is 3.10. The molecule has 2 bridgehead atoms. The highest BCUT2D eigenvalue weighted by Crippen LogP contribution is 2.51. The molecule has 29 heavy (non-hydrogen) atoms. The summed E-state index contributed by atoms with van der Waals surface area (Å²) in [6.07, 6.45) is 5.32. The van der Waals surface area contributed by atoms with Crippen molar-refractivity contribution in [3.05, 3.63) is 47.2 Å². The molecule has 9 heteroatoms. The number of aliphatic hydroxyl groups is 1. The average molecular weight is 436 g/mol. The van der Waals surface area contributed by atoms with Crippen LogP contribution in [0.5, 0.6) is 0 Å². The Morgan fingerprint density at radius 2 is 1.90 bits per heavy atom. The van der Waals surface area contributed by atoms with Crippen LogP contribution in [0.1, 0.15) is 43.0 Å². The van der Waals surface area contributed by atoms with Crippen LogP contribution in [0.25, 0.3) is 0 Å². The minimum atomic E-state index is -3.74. The number of amides is 1. The number of carbonyl (C=O) groups is 1. The van der Waals surface area contributed by atoms with Gasteiger partial charge in [0.05, 0.1) is 38.9 Å². The third-order valence-corrected chi connectivity index (χ3v) is 9.05. The molecular weight excluding hydrogens is 414 g/mol. The van der Waals surface area contributed by atoms with Gasteiger partial charge in [-0.3, -0.25) is 4.79 Å². The molecule has 4 atom stereocenters. The Hall–Kier alpha value is -2.03. The van der Waals surface area contributed by atoms with Crippen molar-refractivity contribution in [2.75, 3.05) is 5.32 Å². The Morgan fingerprint density at radius 3 is 2.52 bits per heavy atom. The van der Waals surface area contributed by atoms with E-state index in [1.54, 1.807) is 6.07 Å². The van der Waals surface area contributed by atoms with E-state index < -0.39 is 26.6 Å². The average Bonchev–Trinajstić information content (AvgIpc) is 2.86. The topological polar surface area (TPSA) is 109 Å². The minimum Gasteiger partial charge on any atom is -0.390 e. The van der Waals surface area contributed by atoms with Crippen LogP contribution >= 0.6 is 11.6 Å². The van der Waals surface area contributed by atoms with Crippen LogP contribution in [0.2, 0.25) is 5.02 Å². The Bertz CT molecular complexity index is 1030. The van der Waals surface area contributed by atoms with Crippen molar-refractivity contribution >= 4 is 33.0 Å². The first kappa shape index (κ1) is 20.3. The molecule has 0 radical (unpaired) electrons. The number of aromatic nitrogens is 2. The molecule has 1 heterocycles. The molecule has 1 amide bonds. The first-order valence-electron chi connectivity index (χ1n) is 9.53. The Balaban J connectivity index is 1.61. The highest BCUT2D eigenvalue weighted by Gasteiger charge is 2.53. The van der Waals surface area contributed by atoms with E-state index >= 15 is 0 Å². The number of fused-ring (bicyclic) bond motifs is 2.